The number of carbonyl (C=O) groups is 2. The van der Waals surface area contributed by atoms with Gasteiger partial charge in [0.05, 0.1) is 4.92 Å². The van der Waals surface area contributed by atoms with Gasteiger partial charge in [-0.2, -0.15) is 0 Å². The lowest BCUT2D eigenvalue weighted by Gasteiger charge is -2.41. The zero-order chi connectivity index (χ0) is 22.4. The first-order valence-electron chi connectivity index (χ1n) is 11.4. The lowest BCUT2D eigenvalue weighted by molar-refractivity contribution is -0.384. The number of amides is 2. The number of rotatable bonds is 7. The van der Waals surface area contributed by atoms with E-state index >= 15 is 0 Å². The summed E-state index contributed by atoms with van der Waals surface area (Å²) in [6.45, 7) is 8.23. The Morgan fingerprint density at radius 2 is 1.81 bits per heavy atom. The van der Waals surface area contributed by atoms with E-state index in [0.717, 1.165) is 51.7 Å². The fraction of sp³-hybridized carbons (Fsp3) is 0.652. The van der Waals surface area contributed by atoms with Crippen molar-refractivity contribution >= 4 is 17.5 Å². The first-order chi connectivity index (χ1) is 14.8. The highest BCUT2D eigenvalue weighted by Gasteiger charge is 2.32. The fourth-order valence-corrected chi connectivity index (χ4v) is 4.52. The van der Waals surface area contributed by atoms with Crippen LogP contribution >= 0.6 is 0 Å². The standard InChI is InChI=1S/C23H34N4O4/c1-17(2)6-11-24-22(28)18-7-12-25(13-8-18)20-9-14-26(15-10-20)23(29)19-4-3-5-21(16-19)27(30)31/h3-5,16-18,20H,6-15H2,1-2H3,(H,24,28). The van der Waals surface area contributed by atoms with E-state index in [-0.39, 0.29) is 23.4 Å². The van der Waals surface area contributed by atoms with Crippen LogP contribution in [-0.4, -0.2) is 65.3 Å². The van der Waals surface area contributed by atoms with Gasteiger partial charge in [-0.1, -0.05) is 19.9 Å². The van der Waals surface area contributed by atoms with Crippen molar-refractivity contribution in [3.63, 3.8) is 0 Å². The van der Waals surface area contributed by atoms with Crippen molar-refractivity contribution in [3.05, 3.63) is 39.9 Å². The van der Waals surface area contributed by atoms with Gasteiger partial charge >= 0.3 is 0 Å². The van der Waals surface area contributed by atoms with E-state index in [1.54, 1.807) is 17.0 Å². The van der Waals surface area contributed by atoms with Crippen molar-refractivity contribution < 1.29 is 14.5 Å². The van der Waals surface area contributed by atoms with Crippen LogP contribution in [0.1, 0.15) is 56.3 Å². The Morgan fingerprint density at radius 3 is 2.42 bits per heavy atom. The molecule has 0 saturated carbocycles. The highest BCUT2D eigenvalue weighted by molar-refractivity contribution is 5.94. The number of hydrogen-bond acceptors (Lipinski definition) is 5. The van der Waals surface area contributed by atoms with Crippen LogP contribution in [0.15, 0.2) is 24.3 Å². The van der Waals surface area contributed by atoms with E-state index < -0.39 is 4.92 Å². The number of nitrogens with one attached hydrogen (secondary N) is 1. The van der Waals surface area contributed by atoms with Crippen LogP contribution in [0.3, 0.4) is 0 Å². The van der Waals surface area contributed by atoms with Crippen molar-refractivity contribution in [2.75, 3.05) is 32.7 Å². The minimum absolute atomic E-state index is 0.0585. The Balaban J connectivity index is 1.43. The molecule has 0 radical (unpaired) electrons. The van der Waals surface area contributed by atoms with Gasteiger partial charge in [-0.15, -0.1) is 0 Å². The largest absolute Gasteiger partial charge is 0.356 e. The van der Waals surface area contributed by atoms with Gasteiger partial charge in [0.15, 0.2) is 0 Å². The number of hydrogen-bond donors (Lipinski definition) is 1. The Bertz CT molecular complexity index is 782. The number of nitro benzene ring substituents is 1. The third-order valence-electron chi connectivity index (χ3n) is 6.49. The van der Waals surface area contributed by atoms with Crippen LogP contribution in [0, 0.1) is 22.0 Å². The summed E-state index contributed by atoms with van der Waals surface area (Å²) in [4.78, 5) is 39.9. The maximum Gasteiger partial charge on any atom is 0.270 e. The second kappa shape index (κ2) is 10.7. The van der Waals surface area contributed by atoms with Crippen LogP contribution in [0.2, 0.25) is 0 Å². The van der Waals surface area contributed by atoms with Crippen molar-refractivity contribution in [1.82, 2.24) is 15.1 Å². The molecule has 31 heavy (non-hydrogen) atoms. The summed E-state index contributed by atoms with van der Waals surface area (Å²) in [5.74, 6) is 0.757. The van der Waals surface area contributed by atoms with Crippen LogP contribution in [0.25, 0.3) is 0 Å². The minimum atomic E-state index is -0.475. The van der Waals surface area contributed by atoms with Gasteiger partial charge in [-0.3, -0.25) is 19.7 Å². The SMILES string of the molecule is CC(C)CCNC(=O)C1CCN(C2CCN(C(=O)c3cccc([N+](=O)[O-])c3)CC2)CC1. The molecule has 170 valence electrons. The minimum Gasteiger partial charge on any atom is -0.356 e. The van der Waals surface area contributed by atoms with E-state index in [4.69, 9.17) is 0 Å². The molecule has 1 N–H and O–H groups in total. The second-order valence-electron chi connectivity index (χ2n) is 9.11. The molecule has 2 amide bonds. The molecule has 8 heteroatoms. The van der Waals surface area contributed by atoms with Crippen molar-refractivity contribution in [2.45, 2.75) is 52.0 Å². The molecule has 2 heterocycles. The van der Waals surface area contributed by atoms with E-state index in [0.29, 0.717) is 30.6 Å². The molecule has 3 rings (SSSR count). The van der Waals surface area contributed by atoms with E-state index in [2.05, 4.69) is 24.1 Å². The molecule has 2 aliphatic heterocycles. The fourth-order valence-electron chi connectivity index (χ4n) is 4.52. The van der Waals surface area contributed by atoms with Gasteiger partial charge in [-0.05, 0) is 57.2 Å². The summed E-state index contributed by atoms with van der Waals surface area (Å²) in [6, 6.07) is 6.38. The Kier molecular flexibility index (Phi) is 8.01. The molecule has 0 unspecified atom stereocenters. The number of nitro groups is 1. The molecule has 2 saturated heterocycles. The zero-order valence-electron chi connectivity index (χ0n) is 18.6. The number of benzene rings is 1. The van der Waals surface area contributed by atoms with Gasteiger partial charge in [0, 0.05) is 49.3 Å². The Morgan fingerprint density at radius 1 is 1.13 bits per heavy atom. The highest BCUT2D eigenvalue weighted by atomic mass is 16.6. The first-order valence-corrected chi connectivity index (χ1v) is 11.4. The smallest absolute Gasteiger partial charge is 0.270 e. The topological polar surface area (TPSA) is 95.8 Å². The summed E-state index contributed by atoms with van der Waals surface area (Å²) in [6.07, 6.45) is 4.58. The molecule has 0 atom stereocenters. The number of carbonyl (C=O) groups excluding carboxylic acids is 2. The van der Waals surface area contributed by atoms with E-state index in [1.807, 2.05) is 0 Å². The average Bonchev–Trinajstić information content (AvgIpc) is 2.78. The van der Waals surface area contributed by atoms with E-state index in [1.165, 1.54) is 12.1 Å². The molecule has 2 fully saturated rings. The lowest BCUT2D eigenvalue weighted by atomic mass is 9.92. The van der Waals surface area contributed by atoms with Gasteiger partial charge in [-0.25, -0.2) is 0 Å². The van der Waals surface area contributed by atoms with Crippen molar-refractivity contribution in [2.24, 2.45) is 11.8 Å². The summed E-state index contributed by atoms with van der Waals surface area (Å²) >= 11 is 0. The van der Waals surface area contributed by atoms with Crippen LogP contribution in [0.4, 0.5) is 5.69 Å². The first kappa shape index (κ1) is 23.2. The normalized spacial score (nSPS) is 18.9. The van der Waals surface area contributed by atoms with E-state index in [9.17, 15) is 19.7 Å². The maximum absolute atomic E-state index is 12.7. The second-order valence-corrected chi connectivity index (χ2v) is 9.11. The molecular weight excluding hydrogens is 396 g/mol. The van der Waals surface area contributed by atoms with Crippen LogP contribution in [-0.2, 0) is 4.79 Å². The molecular formula is C23H34N4O4. The van der Waals surface area contributed by atoms with Gasteiger partial charge in [0.2, 0.25) is 5.91 Å². The third kappa shape index (κ3) is 6.26. The molecule has 1 aromatic rings. The summed E-state index contributed by atoms with van der Waals surface area (Å²) in [5, 5.41) is 14.0. The third-order valence-corrected chi connectivity index (χ3v) is 6.49. The molecule has 0 spiro atoms. The maximum atomic E-state index is 12.7. The van der Waals surface area contributed by atoms with Crippen LogP contribution in [0.5, 0.6) is 0 Å². The molecule has 2 aliphatic rings. The Hall–Kier alpha value is -2.48. The van der Waals surface area contributed by atoms with Gasteiger partial charge in [0.1, 0.15) is 0 Å². The molecule has 8 nitrogen and oxygen atoms in total. The van der Waals surface area contributed by atoms with Crippen molar-refractivity contribution in [1.29, 1.82) is 0 Å². The number of piperidine rings is 2. The predicted octanol–water partition coefficient (Wildman–Crippen LogP) is 3.07. The van der Waals surface area contributed by atoms with Crippen LogP contribution < -0.4 is 5.32 Å². The number of likely N-dealkylation sites (tertiary alicyclic amines) is 2. The summed E-state index contributed by atoms with van der Waals surface area (Å²) in [5.41, 5.74) is 0.314. The molecule has 0 bridgehead atoms. The zero-order valence-corrected chi connectivity index (χ0v) is 18.6. The quantitative estimate of drug-likeness (QED) is 0.530. The summed E-state index contributed by atoms with van der Waals surface area (Å²) < 4.78 is 0. The highest BCUT2D eigenvalue weighted by Crippen LogP contribution is 2.25. The molecule has 1 aromatic carbocycles. The average molecular weight is 431 g/mol. The van der Waals surface area contributed by atoms with Gasteiger partial charge < -0.3 is 15.1 Å². The van der Waals surface area contributed by atoms with Gasteiger partial charge in [0.25, 0.3) is 11.6 Å². The van der Waals surface area contributed by atoms with Crippen molar-refractivity contribution in [3.8, 4) is 0 Å². The number of non-ortho nitro benzene ring substituents is 1. The monoisotopic (exact) mass is 430 g/mol. The number of nitrogens with zero attached hydrogens (tertiary/aromatic N) is 3. The Labute approximate surface area is 184 Å². The molecule has 0 aromatic heterocycles. The predicted molar refractivity (Wildman–Crippen MR) is 119 cm³/mol. The summed E-state index contributed by atoms with van der Waals surface area (Å²) in [7, 11) is 0. The lowest BCUT2D eigenvalue weighted by Crippen LogP contribution is -2.50. The molecule has 0 aliphatic carbocycles.